The second kappa shape index (κ2) is 10.5. The van der Waals surface area contributed by atoms with Gasteiger partial charge in [-0.1, -0.05) is 17.7 Å². The Bertz CT molecular complexity index is 1370. The molecule has 12 heteroatoms. The fourth-order valence-electron chi connectivity index (χ4n) is 3.73. The molecule has 1 aliphatic rings. The summed E-state index contributed by atoms with van der Waals surface area (Å²) < 4.78 is 45.3. The van der Waals surface area contributed by atoms with Crippen molar-refractivity contribution in [3.8, 4) is 0 Å². The Morgan fingerprint density at radius 1 is 0.944 bits per heavy atom. The number of hydrogen-bond acceptors (Lipinski definition) is 6. The van der Waals surface area contributed by atoms with E-state index in [0.717, 1.165) is 6.07 Å². The number of halogens is 2. The molecule has 0 aliphatic carbocycles. The molecule has 4 rings (SSSR count). The number of nitrogens with zero attached hydrogens (tertiary/aromatic N) is 2. The molecule has 0 spiro atoms. The third-order valence-electron chi connectivity index (χ3n) is 5.63. The molecule has 2 heterocycles. The molecule has 1 atom stereocenters. The quantitative estimate of drug-likeness (QED) is 0.520. The lowest BCUT2D eigenvalue weighted by Crippen LogP contribution is -2.57. The number of carbonyl (C=O) groups excluding carboxylic acids is 3. The molecule has 3 amide bonds. The van der Waals surface area contributed by atoms with E-state index in [9.17, 15) is 27.2 Å². The minimum atomic E-state index is -4.38. The van der Waals surface area contributed by atoms with E-state index in [1.807, 2.05) is 0 Å². The molecule has 36 heavy (non-hydrogen) atoms. The fourth-order valence-corrected chi connectivity index (χ4v) is 5.32. The van der Waals surface area contributed by atoms with Crippen LogP contribution in [0.4, 0.5) is 4.39 Å². The number of benzene rings is 2. The Morgan fingerprint density at radius 3 is 2.22 bits per heavy atom. The number of furan rings is 1. The van der Waals surface area contributed by atoms with Crippen molar-refractivity contribution in [2.75, 3.05) is 26.2 Å². The second-order valence-corrected chi connectivity index (χ2v) is 10.4. The second-order valence-electron chi connectivity index (χ2n) is 7.96. The van der Waals surface area contributed by atoms with Gasteiger partial charge in [-0.15, -0.1) is 0 Å². The highest BCUT2D eigenvalue weighted by Crippen LogP contribution is 2.21. The van der Waals surface area contributed by atoms with Gasteiger partial charge >= 0.3 is 0 Å². The Kier molecular flexibility index (Phi) is 7.41. The summed E-state index contributed by atoms with van der Waals surface area (Å²) in [5, 5.41) is 0.627. The molecule has 1 aliphatic heterocycles. The van der Waals surface area contributed by atoms with E-state index >= 15 is 0 Å². The van der Waals surface area contributed by atoms with Crippen LogP contribution in [-0.2, 0) is 14.6 Å². The number of piperazine rings is 1. The van der Waals surface area contributed by atoms with E-state index < -0.39 is 38.7 Å². The molecule has 1 aromatic heterocycles. The molecule has 1 fully saturated rings. The normalized spacial score (nSPS) is 14.8. The summed E-state index contributed by atoms with van der Waals surface area (Å²) in [6.45, 7) is 0.230. The summed E-state index contributed by atoms with van der Waals surface area (Å²) in [7, 11) is -4.38. The Morgan fingerprint density at radius 2 is 1.61 bits per heavy atom. The third kappa shape index (κ3) is 5.42. The summed E-state index contributed by atoms with van der Waals surface area (Å²) >= 11 is 5.86. The first-order chi connectivity index (χ1) is 17.2. The highest BCUT2D eigenvalue weighted by atomic mass is 35.5. The van der Waals surface area contributed by atoms with Crippen LogP contribution in [-0.4, -0.2) is 67.5 Å². The number of hydrogen-bond donors (Lipinski definition) is 1. The molecule has 0 radical (unpaired) electrons. The van der Waals surface area contributed by atoms with Gasteiger partial charge in [0, 0.05) is 36.8 Å². The highest BCUT2D eigenvalue weighted by Gasteiger charge is 2.40. The molecular formula is C24H21ClFN3O6S. The van der Waals surface area contributed by atoms with Crippen molar-refractivity contribution in [3.63, 3.8) is 0 Å². The molecule has 1 unspecified atom stereocenters. The lowest BCUT2D eigenvalue weighted by Gasteiger charge is -2.36. The summed E-state index contributed by atoms with van der Waals surface area (Å²) in [5.41, 5.74) is 0.170. The summed E-state index contributed by atoms with van der Waals surface area (Å²) in [6, 6.07) is 13.3. The van der Waals surface area contributed by atoms with Crippen molar-refractivity contribution < 1.29 is 31.6 Å². The maximum atomic E-state index is 13.5. The van der Waals surface area contributed by atoms with Crippen LogP contribution < -0.4 is 5.32 Å². The molecule has 0 bridgehead atoms. The van der Waals surface area contributed by atoms with E-state index in [0.29, 0.717) is 5.02 Å². The zero-order valence-corrected chi connectivity index (χ0v) is 20.3. The largest absolute Gasteiger partial charge is 0.459 e. The lowest BCUT2D eigenvalue weighted by molar-refractivity contribution is -0.132. The standard InChI is InChI=1S/C24H21ClFN3O6S/c25-17-6-8-19(9-7-17)36(33,34)22(27-21(30)20-5-2-14-35-20)24(32)29-12-10-28(11-13-29)23(31)16-3-1-4-18(26)15-16/h1-9,14-15,22H,10-13H2,(H,27,30). The number of rotatable bonds is 6. The zero-order valence-electron chi connectivity index (χ0n) is 18.8. The van der Waals surface area contributed by atoms with Crippen LogP contribution in [0, 0.1) is 5.82 Å². The van der Waals surface area contributed by atoms with Crippen molar-refractivity contribution in [3.05, 3.63) is 89.1 Å². The van der Waals surface area contributed by atoms with Crippen molar-refractivity contribution >= 4 is 39.2 Å². The Balaban J connectivity index is 1.53. The van der Waals surface area contributed by atoms with E-state index in [1.54, 1.807) is 0 Å². The van der Waals surface area contributed by atoms with Crippen LogP contribution in [0.5, 0.6) is 0 Å². The number of amides is 3. The minimum absolute atomic E-state index is 0.0170. The maximum Gasteiger partial charge on any atom is 0.288 e. The van der Waals surface area contributed by atoms with E-state index in [1.165, 1.54) is 70.7 Å². The van der Waals surface area contributed by atoms with E-state index in [4.69, 9.17) is 16.0 Å². The topological polar surface area (TPSA) is 117 Å². The molecule has 1 N–H and O–H groups in total. The van der Waals surface area contributed by atoms with Gasteiger partial charge in [0.05, 0.1) is 11.2 Å². The Hall–Kier alpha value is -3.70. The fraction of sp³-hybridized carbons (Fsp3) is 0.208. The SMILES string of the molecule is O=C(NC(C(=O)N1CCN(C(=O)c2cccc(F)c2)CC1)S(=O)(=O)c1ccc(Cl)cc1)c1ccco1. The zero-order chi connectivity index (χ0) is 25.9. The number of nitrogens with one attached hydrogen (secondary N) is 1. The summed E-state index contributed by atoms with van der Waals surface area (Å²) in [5.74, 6) is -2.85. The first kappa shape index (κ1) is 25.4. The van der Waals surface area contributed by atoms with Crippen LogP contribution in [0.2, 0.25) is 5.02 Å². The van der Waals surface area contributed by atoms with Crippen LogP contribution in [0.1, 0.15) is 20.9 Å². The lowest BCUT2D eigenvalue weighted by atomic mass is 10.1. The maximum absolute atomic E-state index is 13.5. The van der Waals surface area contributed by atoms with Crippen LogP contribution in [0.25, 0.3) is 0 Å². The van der Waals surface area contributed by atoms with Crippen molar-refractivity contribution in [2.45, 2.75) is 10.3 Å². The average molecular weight is 534 g/mol. The first-order valence-electron chi connectivity index (χ1n) is 10.8. The molecule has 2 aromatic carbocycles. The van der Waals surface area contributed by atoms with Gasteiger partial charge in [-0.25, -0.2) is 12.8 Å². The van der Waals surface area contributed by atoms with Gasteiger partial charge in [0.1, 0.15) is 5.82 Å². The van der Waals surface area contributed by atoms with Crippen molar-refractivity contribution in [1.82, 2.24) is 15.1 Å². The Labute approximate surface area is 211 Å². The van der Waals surface area contributed by atoms with Gasteiger partial charge in [-0.2, -0.15) is 0 Å². The van der Waals surface area contributed by atoms with E-state index in [-0.39, 0.29) is 42.4 Å². The predicted molar refractivity (Wildman–Crippen MR) is 127 cm³/mol. The molecular weight excluding hydrogens is 513 g/mol. The average Bonchev–Trinajstić information content (AvgIpc) is 3.42. The van der Waals surface area contributed by atoms with Crippen LogP contribution >= 0.6 is 11.6 Å². The highest BCUT2D eigenvalue weighted by molar-refractivity contribution is 7.92. The van der Waals surface area contributed by atoms with Crippen LogP contribution in [0.3, 0.4) is 0 Å². The van der Waals surface area contributed by atoms with E-state index in [2.05, 4.69) is 5.32 Å². The van der Waals surface area contributed by atoms with Gasteiger partial charge in [0.25, 0.3) is 17.7 Å². The number of carbonyl (C=O) groups is 3. The summed E-state index contributed by atoms with van der Waals surface area (Å²) in [6.07, 6.45) is 1.24. The van der Waals surface area contributed by atoms with Gasteiger partial charge in [-0.3, -0.25) is 14.4 Å². The summed E-state index contributed by atoms with van der Waals surface area (Å²) in [4.78, 5) is 41.2. The molecule has 3 aromatic rings. The molecule has 0 saturated carbocycles. The van der Waals surface area contributed by atoms with Gasteiger partial charge in [0.15, 0.2) is 5.76 Å². The van der Waals surface area contributed by atoms with Gasteiger partial charge < -0.3 is 19.5 Å². The van der Waals surface area contributed by atoms with Gasteiger partial charge in [-0.05, 0) is 54.6 Å². The smallest absolute Gasteiger partial charge is 0.288 e. The first-order valence-corrected chi connectivity index (χ1v) is 12.8. The van der Waals surface area contributed by atoms with Crippen molar-refractivity contribution in [2.24, 2.45) is 0 Å². The van der Waals surface area contributed by atoms with Gasteiger partial charge in [0.2, 0.25) is 15.2 Å². The molecule has 188 valence electrons. The predicted octanol–water partition coefficient (Wildman–Crippen LogP) is 2.59. The molecule has 1 saturated heterocycles. The van der Waals surface area contributed by atoms with Crippen molar-refractivity contribution in [1.29, 1.82) is 0 Å². The third-order valence-corrected chi connectivity index (χ3v) is 7.76. The van der Waals surface area contributed by atoms with Crippen LogP contribution in [0.15, 0.2) is 76.2 Å². The number of sulfone groups is 1. The molecule has 9 nitrogen and oxygen atoms in total. The minimum Gasteiger partial charge on any atom is -0.459 e. The monoisotopic (exact) mass is 533 g/mol.